The number of aliphatic hydroxyl groups is 1. The van der Waals surface area contributed by atoms with Crippen molar-refractivity contribution < 1.29 is 19.0 Å². The topological polar surface area (TPSA) is 68.0 Å². The van der Waals surface area contributed by atoms with Crippen molar-refractivity contribution in [2.24, 2.45) is 0 Å². The molecule has 1 aliphatic rings. The largest absolute Gasteiger partial charge is 0.496 e. The average molecular weight is 340 g/mol. The van der Waals surface area contributed by atoms with Gasteiger partial charge in [0.25, 0.3) is 0 Å². The van der Waals surface area contributed by atoms with Gasteiger partial charge in [0.05, 0.1) is 26.2 Å². The lowest BCUT2D eigenvalue weighted by Crippen LogP contribution is -2.34. The number of ether oxygens (including phenoxy) is 2. The lowest BCUT2D eigenvalue weighted by molar-refractivity contribution is 0.169. The van der Waals surface area contributed by atoms with Gasteiger partial charge in [-0.15, -0.1) is 0 Å². The monoisotopic (exact) mass is 340 g/mol. The van der Waals surface area contributed by atoms with E-state index < -0.39 is 6.10 Å². The van der Waals surface area contributed by atoms with Gasteiger partial charge < -0.3 is 23.9 Å². The van der Waals surface area contributed by atoms with Crippen molar-refractivity contribution in [2.45, 2.75) is 19.6 Å². The summed E-state index contributed by atoms with van der Waals surface area (Å²) < 4.78 is 16.6. The van der Waals surface area contributed by atoms with Gasteiger partial charge in [0.15, 0.2) is 0 Å². The normalized spacial score (nSPS) is 16.8. The number of furan rings is 1. The van der Waals surface area contributed by atoms with Gasteiger partial charge in [0.1, 0.15) is 34.8 Å². The van der Waals surface area contributed by atoms with E-state index in [2.05, 4.69) is 4.98 Å². The maximum atomic E-state index is 10.8. The summed E-state index contributed by atoms with van der Waals surface area (Å²) in [4.78, 5) is 6.58. The molecule has 25 heavy (non-hydrogen) atoms. The van der Waals surface area contributed by atoms with E-state index in [9.17, 15) is 5.11 Å². The van der Waals surface area contributed by atoms with Gasteiger partial charge in [-0.2, -0.15) is 0 Å². The Kier molecular flexibility index (Phi) is 3.77. The van der Waals surface area contributed by atoms with Crippen LogP contribution in [0.15, 0.2) is 34.9 Å². The zero-order valence-electron chi connectivity index (χ0n) is 14.4. The lowest BCUT2D eigenvalue weighted by Gasteiger charge is -2.34. The fraction of sp³-hybridized carbons (Fsp3) is 0.316. The van der Waals surface area contributed by atoms with E-state index in [0.29, 0.717) is 18.8 Å². The van der Waals surface area contributed by atoms with E-state index in [4.69, 9.17) is 13.9 Å². The fourth-order valence-electron chi connectivity index (χ4n) is 3.57. The van der Waals surface area contributed by atoms with Crippen LogP contribution >= 0.6 is 0 Å². The lowest BCUT2D eigenvalue weighted by atomic mass is 9.95. The summed E-state index contributed by atoms with van der Waals surface area (Å²) in [6, 6.07) is 7.52. The smallest absolute Gasteiger partial charge is 0.140 e. The maximum Gasteiger partial charge on any atom is 0.140 e. The summed E-state index contributed by atoms with van der Waals surface area (Å²) in [5.41, 5.74) is 2.49. The molecule has 1 aromatic carbocycles. The fourth-order valence-corrected chi connectivity index (χ4v) is 3.57. The Hall–Kier alpha value is -2.73. The van der Waals surface area contributed by atoms with Crippen molar-refractivity contribution in [1.29, 1.82) is 0 Å². The van der Waals surface area contributed by atoms with Crippen LogP contribution in [0.1, 0.15) is 23.0 Å². The van der Waals surface area contributed by atoms with Crippen LogP contribution in [0.5, 0.6) is 11.5 Å². The van der Waals surface area contributed by atoms with Crippen molar-refractivity contribution in [2.75, 3.05) is 25.7 Å². The molecule has 0 amide bonds. The number of hydrogen-bond donors (Lipinski definition) is 1. The predicted octanol–water partition coefficient (Wildman–Crippen LogP) is 3.21. The van der Waals surface area contributed by atoms with Gasteiger partial charge in [-0.3, -0.25) is 0 Å². The highest BCUT2D eigenvalue weighted by Crippen LogP contribution is 2.41. The van der Waals surface area contributed by atoms with Crippen LogP contribution in [-0.2, 0) is 6.54 Å². The molecule has 0 saturated heterocycles. The third-order valence-electron chi connectivity index (χ3n) is 4.64. The van der Waals surface area contributed by atoms with Crippen LogP contribution in [0.3, 0.4) is 0 Å². The number of hydrogen-bond acceptors (Lipinski definition) is 6. The molecule has 6 heteroatoms. The van der Waals surface area contributed by atoms with Gasteiger partial charge in [-0.05, 0) is 31.2 Å². The molecule has 0 spiro atoms. The number of aryl methyl sites for hydroxylation is 1. The van der Waals surface area contributed by atoms with Crippen LogP contribution in [0, 0.1) is 6.92 Å². The second-order valence-electron chi connectivity index (χ2n) is 6.16. The Labute approximate surface area is 145 Å². The van der Waals surface area contributed by atoms with Crippen molar-refractivity contribution in [3.8, 4) is 11.5 Å². The maximum absolute atomic E-state index is 10.8. The Morgan fingerprint density at radius 3 is 2.72 bits per heavy atom. The van der Waals surface area contributed by atoms with Gasteiger partial charge in [0.2, 0.25) is 0 Å². The molecule has 0 fully saturated rings. The second kappa shape index (κ2) is 5.97. The first kappa shape index (κ1) is 15.8. The second-order valence-corrected chi connectivity index (χ2v) is 6.16. The van der Waals surface area contributed by atoms with Crippen molar-refractivity contribution in [3.63, 3.8) is 0 Å². The highest BCUT2D eigenvalue weighted by atomic mass is 16.5. The molecule has 4 rings (SSSR count). The summed E-state index contributed by atoms with van der Waals surface area (Å²) in [6.45, 7) is 2.91. The molecule has 1 aliphatic heterocycles. The zero-order chi connectivity index (χ0) is 17.6. The quantitative estimate of drug-likeness (QED) is 0.790. The van der Waals surface area contributed by atoms with Gasteiger partial charge >= 0.3 is 0 Å². The minimum Gasteiger partial charge on any atom is -0.496 e. The Morgan fingerprint density at radius 2 is 1.96 bits per heavy atom. The summed E-state index contributed by atoms with van der Waals surface area (Å²) in [5, 5.41) is 11.7. The molecule has 6 nitrogen and oxygen atoms in total. The molecule has 0 saturated carbocycles. The highest BCUT2D eigenvalue weighted by Gasteiger charge is 2.31. The van der Waals surface area contributed by atoms with Gasteiger partial charge in [-0.1, -0.05) is 0 Å². The van der Waals surface area contributed by atoms with Crippen LogP contribution < -0.4 is 14.4 Å². The van der Waals surface area contributed by atoms with E-state index in [-0.39, 0.29) is 0 Å². The first-order valence-electron chi connectivity index (χ1n) is 8.14. The first-order chi connectivity index (χ1) is 12.1. The summed E-state index contributed by atoms with van der Waals surface area (Å²) in [7, 11) is 3.24. The molecular formula is C19H20N2O4. The van der Waals surface area contributed by atoms with E-state index in [1.54, 1.807) is 20.4 Å². The number of fused-ring (bicyclic) bond motifs is 2. The highest BCUT2D eigenvalue weighted by molar-refractivity contribution is 5.89. The number of pyridine rings is 1. The summed E-state index contributed by atoms with van der Waals surface area (Å²) in [5.74, 6) is 3.04. The van der Waals surface area contributed by atoms with Crippen LogP contribution in [-0.4, -0.2) is 30.9 Å². The number of methoxy groups -OCH3 is 2. The van der Waals surface area contributed by atoms with Crippen molar-refractivity contribution in [3.05, 3.63) is 47.3 Å². The number of rotatable bonds is 3. The number of anilines is 1. The first-order valence-corrected chi connectivity index (χ1v) is 8.14. The van der Waals surface area contributed by atoms with E-state index >= 15 is 0 Å². The average Bonchev–Trinajstić information content (AvgIpc) is 3.00. The molecule has 130 valence electrons. The number of nitrogens with zero attached hydrogens (tertiary/aromatic N) is 2. The number of aromatic nitrogens is 1. The summed E-state index contributed by atoms with van der Waals surface area (Å²) in [6.07, 6.45) is 1.03. The van der Waals surface area contributed by atoms with Crippen LogP contribution in [0.25, 0.3) is 11.0 Å². The molecule has 3 heterocycles. The molecule has 0 aliphatic carbocycles. The summed E-state index contributed by atoms with van der Waals surface area (Å²) >= 11 is 0. The molecule has 2 aromatic heterocycles. The third kappa shape index (κ3) is 2.49. The predicted molar refractivity (Wildman–Crippen MR) is 94.3 cm³/mol. The molecule has 0 radical (unpaired) electrons. The molecule has 1 unspecified atom stereocenters. The van der Waals surface area contributed by atoms with E-state index in [1.165, 1.54) is 0 Å². The van der Waals surface area contributed by atoms with Crippen LogP contribution in [0.4, 0.5) is 5.82 Å². The Balaban J connectivity index is 1.83. The van der Waals surface area contributed by atoms with Gasteiger partial charge in [-0.25, -0.2) is 4.98 Å². The zero-order valence-corrected chi connectivity index (χ0v) is 14.4. The SMILES string of the molecule is COc1ccc(OC)c2c1CN(c1nccc3oc(C)cc13)CC2O. The molecule has 0 bridgehead atoms. The van der Waals surface area contributed by atoms with Crippen LogP contribution in [0.2, 0.25) is 0 Å². The van der Waals surface area contributed by atoms with Crippen molar-refractivity contribution >= 4 is 16.8 Å². The standard InChI is InChI=1S/C19H20N2O4/c1-11-8-12-16(25-11)6-7-20-19(12)21-9-13-15(23-2)4-5-17(24-3)18(13)14(22)10-21/h4-8,14,22H,9-10H2,1-3H3. The number of aliphatic hydroxyl groups excluding tert-OH is 1. The van der Waals surface area contributed by atoms with Crippen molar-refractivity contribution in [1.82, 2.24) is 4.98 Å². The number of β-amino-alcohol motifs (C(OH)–C–C–N with tert-alkyl or cyclic N) is 1. The number of benzene rings is 1. The third-order valence-corrected chi connectivity index (χ3v) is 4.64. The molecule has 1 N–H and O–H groups in total. The molecule has 1 atom stereocenters. The van der Waals surface area contributed by atoms with E-state index in [0.717, 1.165) is 39.4 Å². The molecule has 3 aromatic rings. The van der Waals surface area contributed by atoms with Gasteiger partial charge in [0, 0.05) is 23.9 Å². The molecular weight excluding hydrogens is 320 g/mol. The minimum atomic E-state index is -0.696. The van der Waals surface area contributed by atoms with E-state index in [1.807, 2.05) is 36.1 Å². The Bertz CT molecular complexity index is 935. The Morgan fingerprint density at radius 1 is 1.20 bits per heavy atom. The minimum absolute atomic E-state index is 0.423.